The Kier molecular flexibility index (Phi) is 14.3. The zero-order valence-corrected chi connectivity index (χ0v) is 14.1. The van der Waals surface area contributed by atoms with Gasteiger partial charge in [0.1, 0.15) is 18.6 Å². The van der Waals surface area contributed by atoms with Gasteiger partial charge in [-0.2, -0.15) is 12.6 Å². The molecule has 12 heteroatoms. The summed E-state index contributed by atoms with van der Waals surface area (Å²) >= 11 is 6.71. The summed E-state index contributed by atoms with van der Waals surface area (Å²) < 4.78 is 0. The van der Waals surface area contributed by atoms with E-state index in [1.165, 1.54) is 0 Å². The van der Waals surface area contributed by atoms with Crippen molar-refractivity contribution in [2.75, 3.05) is 12.3 Å². The third-order valence-corrected chi connectivity index (χ3v) is 2.61. The van der Waals surface area contributed by atoms with Gasteiger partial charge >= 0.3 is 36.9 Å². The van der Waals surface area contributed by atoms with Crippen LogP contribution < -0.4 is 16.4 Å². The molecule has 2 unspecified atom stereocenters. The standard InChI is InChI=1S/C10H17N3O6S.Fe.S/c11-5(10(18)19)1-2-7(14)13-6(4-20)9(17)12-3-8(15)16;;/h5-6,20H,1-4,11H2,(H,12,17)(H,13,14)(H,15,16)(H,18,19);;. The molecule has 0 aliphatic rings. The van der Waals surface area contributed by atoms with Crippen LogP contribution in [0.4, 0.5) is 0 Å². The van der Waals surface area contributed by atoms with E-state index in [0.717, 1.165) is 0 Å². The molecule has 2 atom stereocenters. The molecular formula is C10H17FeN3O6S2. The van der Waals surface area contributed by atoms with E-state index in [0.29, 0.717) is 0 Å². The molecule has 0 radical (unpaired) electrons. The maximum absolute atomic E-state index is 11.5. The van der Waals surface area contributed by atoms with Crippen molar-refractivity contribution in [3.63, 3.8) is 0 Å². The van der Waals surface area contributed by atoms with Crippen molar-refractivity contribution in [1.29, 1.82) is 0 Å². The van der Waals surface area contributed by atoms with Crippen LogP contribution in [0.5, 0.6) is 0 Å². The van der Waals surface area contributed by atoms with Crippen molar-refractivity contribution in [1.82, 2.24) is 10.6 Å². The fourth-order valence-corrected chi connectivity index (χ4v) is 1.41. The fraction of sp³-hybridized carbons (Fsp3) is 0.600. The molecule has 0 aromatic carbocycles. The molecule has 0 saturated heterocycles. The number of carbonyl (C=O) groups is 4. The summed E-state index contributed by atoms with van der Waals surface area (Å²) in [5, 5.41) is 21.4. The number of rotatable bonds is 9. The predicted molar refractivity (Wildman–Crippen MR) is 78.9 cm³/mol. The number of hydrogen-bond acceptors (Lipinski definition) is 7. The number of nitrogens with one attached hydrogen (secondary N) is 2. The molecule has 6 N–H and O–H groups in total. The van der Waals surface area contributed by atoms with Gasteiger partial charge in [-0.1, -0.05) is 0 Å². The van der Waals surface area contributed by atoms with Gasteiger partial charge in [-0.05, 0) is 6.42 Å². The van der Waals surface area contributed by atoms with Gasteiger partial charge < -0.3 is 26.6 Å². The van der Waals surface area contributed by atoms with Crippen molar-refractivity contribution in [2.24, 2.45) is 5.73 Å². The Bertz CT molecular complexity index is 412. The Labute approximate surface area is 144 Å². The Morgan fingerprint density at radius 3 is 2.18 bits per heavy atom. The Hall–Kier alpha value is -1.07. The zero-order chi connectivity index (χ0) is 17.7. The molecule has 0 spiro atoms. The van der Waals surface area contributed by atoms with Gasteiger partial charge in [-0.3, -0.25) is 19.2 Å². The summed E-state index contributed by atoms with van der Waals surface area (Å²) in [6.07, 6.45) is -0.235. The van der Waals surface area contributed by atoms with E-state index >= 15 is 0 Å². The molecule has 22 heavy (non-hydrogen) atoms. The van der Waals surface area contributed by atoms with Gasteiger partial charge in [0.25, 0.3) is 0 Å². The van der Waals surface area contributed by atoms with Crippen LogP contribution in [0.3, 0.4) is 0 Å². The first kappa shape index (κ1) is 23.2. The normalized spacial score (nSPS) is 12.1. The minimum atomic E-state index is -1.22. The van der Waals surface area contributed by atoms with Gasteiger partial charge in [0, 0.05) is 12.2 Å². The molecular weight excluding hydrogens is 378 g/mol. The molecule has 0 fully saturated rings. The summed E-state index contributed by atoms with van der Waals surface area (Å²) in [4.78, 5) is 43.7. The topological polar surface area (TPSA) is 159 Å². The van der Waals surface area contributed by atoms with Gasteiger partial charge in [0.15, 0.2) is 0 Å². The summed E-state index contributed by atoms with van der Waals surface area (Å²) in [5.41, 5.74) is 5.23. The monoisotopic (exact) mass is 395 g/mol. The summed E-state index contributed by atoms with van der Waals surface area (Å²) in [5.74, 6) is -3.70. The predicted octanol–water partition coefficient (Wildman–Crippen LogP) is -1.56. The van der Waals surface area contributed by atoms with Gasteiger partial charge in [-0.15, -0.1) is 0 Å². The maximum atomic E-state index is 11.5. The summed E-state index contributed by atoms with van der Waals surface area (Å²) in [6.45, 7) is -0.567. The van der Waals surface area contributed by atoms with E-state index in [2.05, 4.69) is 48.2 Å². The molecule has 0 aromatic rings. The van der Waals surface area contributed by atoms with E-state index in [9.17, 15) is 19.2 Å². The first-order chi connectivity index (χ1) is 10.3. The molecule has 0 saturated carbocycles. The average molecular weight is 395 g/mol. The van der Waals surface area contributed by atoms with Crippen molar-refractivity contribution in [3.05, 3.63) is 0 Å². The first-order valence-corrected chi connectivity index (χ1v) is 8.07. The van der Waals surface area contributed by atoms with Crippen LogP contribution in [0.2, 0.25) is 0 Å². The SMILES string of the molecule is NC(CCC(=O)NC(CS)C(=O)NCC(=O)O)C(=O)O.[S]=[Fe]. The van der Waals surface area contributed by atoms with Crippen molar-refractivity contribution in [3.8, 4) is 0 Å². The van der Waals surface area contributed by atoms with Crippen LogP contribution >= 0.6 is 23.2 Å². The number of thiol groups is 1. The number of carbonyl (C=O) groups excluding carboxylic acids is 2. The van der Waals surface area contributed by atoms with E-state index in [1.54, 1.807) is 0 Å². The number of aliphatic carboxylic acids is 2. The molecule has 2 amide bonds. The van der Waals surface area contributed by atoms with Crippen LogP contribution in [0.1, 0.15) is 12.8 Å². The van der Waals surface area contributed by atoms with Gasteiger partial charge in [-0.25, -0.2) is 0 Å². The minimum absolute atomic E-state index is 0.0256. The second-order valence-electron chi connectivity index (χ2n) is 3.90. The molecule has 0 bridgehead atoms. The number of hydrogen-bond donors (Lipinski definition) is 6. The second-order valence-corrected chi connectivity index (χ2v) is 4.26. The third kappa shape index (κ3) is 11.6. The van der Waals surface area contributed by atoms with Crippen LogP contribution in [-0.4, -0.2) is 58.3 Å². The molecule has 9 nitrogen and oxygen atoms in total. The van der Waals surface area contributed by atoms with Gasteiger partial charge in [0.2, 0.25) is 11.8 Å². The average Bonchev–Trinajstić information content (AvgIpc) is 2.49. The van der Waals surface area contributed by atoms with E-state index in [4.69, 9.17) is 15.9 Å². The Morgan fingerprint density at radius 1 is 1.23 bits per heavy atom. The molecule has 128 valence electrons. The first-order valence-electron chi connectivity index (χ1n) is 5.80. The van der Waals surface area contributed by atoms with Crippen LogP contribution in [0.15, 0.2) is 0 Å². The number of carboxylic acid groups (broad SMARTS) is 2. The number of carboxylic acids is 2. The number of amides is 2. The fourth-order valence-electron chi connectivity index (χ4n) is 1.16. The number of nitrogens with two attached hydrogens (primary N) is 1. The van der Waals surface area contributed by atoms with Crippen LogP contribution in [-0.2, 0) is 33.6 Å². The molecule has 0 aromatic heterocycles. The van der Waals surface area contributed by atoms with Crippen LogP contribution in [0.25, 0.3) is 0 Å². The van der Waals surface area contributed by atoms with Gasteiger partial charge in [0.05, 0.1) is 0 Å². The van der Waals surface area contributed by atoms with E-state index in [1.807, 2.05) is 0 Å². The zero-order valence-electron chi connectivity index (χ0n) is 11.3. The summed E-state index contributed by atoms with van der Waals surface area (Å²) in [7, 11) is 3.83. The van der Waals surface area contributed by atoms with Crippen LogP contribution in [0, 0.1) is 0 Å². The molecule has 0 rings (SSSR count). The second kappa shape index (κ2) is 13.6. The van der Waals surface area contributed by atoms with Crippen molar-refractivity contribution >= 4 is 46.9 Å². The van der Waals surface area contributed by atoms with E-state index in [-0.39, 0.29) is 18.6 Å². The van der Waals surface area contributed by atoms with Crippen molar-refractivity contribution in [2.45, 2.75) is 24.9 Å². The third-order valence-electron chi connectivity index (χ3n) is 2.25. The Balaban J connectivity index is 0. The quantitative estimate of drug-likeness (QED) is 0.202. The molecule has 0 aliphatic heterocycles. The Morgan fingerprint density at radius 2 is 1.77 bits per heavy atom. The molecule has 0 aliphatic carbocycles. The van der Waals surface area contributed by atoms with Crippen molar-refractivity contribution < 1.29 is 43.8 Å². The molecule has 0 heterocycles. The van der Waals surface area contributed by atoms with E-state index < -0.39 is 42.4 Å². The summed E-state index contributed by atoms with van der Waals surface area (Å²) in [6, 6.07) is -2.15.